The lowest BCUT2D eigenvalue weighted by Crippen LogP contribution is -2.16. The van der Waals surface area contributed by atoms with Gasteiger partial charge < -0.3 is 10.1 Å². The summed E-state index contributed by atoms with van der Waals surface area (Å²) >= 11 is 3.64. The van der Waals surface area contributed by atoms with Crippen molar-refractivity contribution in [3.05, 3.63) is 75.4 Å². The third-order valence-corrected chi connectivity index (χ3v) is 7.83. The van der Waals surface area contributed by atoms with Crippen molar-refractivity contribution >= 4 is 37.5 Å². The summed E-state index contributed by atoms with van der Waals surface area (Å²) in [7, 11) is -2.32. The summed E-state index contributed by atoms with van der Waals surface area (Å²) in [5.41, 5.74) is 4.49. The summed E-state index contributed by atoms with van der Waals surface area (Å²) in [6.07, 6.45) is 6.13. The Morgan fingerprint density at radius 3 is 2.44 bits per heavy atom. The second kappa shape index (κ2) is 9.21. The minimum absolute atomic E-state index is 0.0326. The van der Waals surface area contributed by atoms with Crippen LogP contribution in [0.2, 0.25) is 0 Å². The van der Waals surface area contributed by atoms with Crippen molar-refractivity contribution in [3.63, 3.8) is 0 Å². The Labute approximate surface area is 197 Å². The Bertz CT molecular complexity index is 1220. The predicted octanol–water partition coefficient (Wildman–Crippen LogP) is 5.41. The Balaban J connectivity index is 1.70. The summed E-state index contributed by atoms with van der Waals surface area (Å²) in [4.78, 5) is 4.55. The van der Waals surface area contributed by atoms with Gasteiger partial charge in [-0.3, -0.25) is 0 Å². The summed E-state index contributed by atoms with van der Waals surface area (Å²) in [5, 5.41) is 8.73. The van der Waals surface area contributed by atoms with Crippen LogP contribution in [-0.2, 0) is 16.4 Å². The molecule has 1 aliphatic carbocycles. The number of hydrogen-bond acceptors (Lipinski definition) is 5. The maximum Gasteiger partial charge on any atom is 0.240 e. The van der Waals surface area contributed by atoms with Gasteiger partial charge in [0.25, 0.3) is 0 Å². The molecule has 0 radical (unpaired) electrons. The van der Waals surface area contributed by atoms with E-state index in [1.165, 1.54) is 24.8 Å². The van der Waals surface area contributed by atoms with Gasteiger partial charge in [0, 0.05) is 10.7 Å². The number of nitrogens with one attached hydrogen (secondary N) is 1. The molecule has 1 saturated carbocycles. The number of rotatable bonds is 7. The van der Waals surface area contributed by atoms with E-state index in [1.807, 2.05) is 43.5 Å². The van der Waals surface area contributed by atoms with Gasteiger partial charge in [0.15, 0.2) is 0 Å². The van der Waals surface area contributed by atoms with E-state index >= 15 is 0 Å². The highest BCUT2D eigenvalue weighted by molar-refractivity contribution is 9.10. The molecule has 32 heavy (non-hydrogen) atoms. The second-order valence-electron chi connectivity index (χ2n) is 8.16. The van der Waals surface area contributed by atoms with Gasteiger partial charge in [0.2, 0.25) is 10.0 Å². The van der Waals surface area contributed by atoms with Crippen molar-refractivity contribution in [1.29, 1.82) is 0 Å². The SMILES string of the molecule is COc1ccc(Cc2c(C)cc(S(N)(=O)=O)c(Nc3ccc(C4CCC4)cn3)c2Br)cc1. The van der Waals surface area contributed by atoms with E-state index in [1.54, 1.807) is 13.2 Å². The number of benzene rings is 2. The molecule has 0 atom stereocenters. The van der Waals surface area contributed by atoms with E-state index in [-0.39, 0.29) is 4.90 Å². The molecule has 8 heteroatoms. The van der Waals surface area contributed by atoms with E-state index in [0.29, 0.717) is 28.3 Å². The lowest BCUT2D eigenvalue weighted by molar-refractivity contribution is 0.414. The maximum atomic E-state index is 12.4. The zero-order chi connectivity index (χ0) is 22.9. The van der Waals surface area contributed by atoms with Crippen LogP contribution in [-0.4, -0.2) is 20.5 Å². The van der Waals surface area contributed by atoms with Crippen LogP contribution in [0.1, 0.15) is 47.4 Å². The average molecular weight is 516 g/mol. The number of hydrogen-bond donors (Lipinski definition) is 2. The summed E-state index contributed by atoms with van der Waals surface area (Å²) < 4.78 is 30.6. The molecule has 0 amide bonds. The third-order valence-electron chi connectivity index (χ3n) is 6.02. The van der Waals surface area contributed by atoms with Gasteiger partial charge in [-0.2, -0.15) is 0 Å². The first-order valence-corrected chi connectivity index (χ1v) is 12.8. The second-order valence-corrected chi connectivity index (χ2v) is 10.5. The van der Waals surface area contributed by atoms with Crippen LogP contribution in [0.5, 0.6) is 5.75 Å². The van der Waals surface area contributed by atoms with Gasteiger partial charge in [-0.25, -0.2) is 18.5 Å². The molecular formula is C24H26BrN3O3S. The number of aryl methyl sites for hydroxylation is 1. The smallest absolute Gasteiger partial charge is 0.240 e. The fraction of sp³-hybridized carbons (Fsp3) is 0.292. The molecule has 0 spiro atoms. The van der Waals surface area contributed by atoms with Crippen molar-refractivity contribution in [3.8, 4) is 5.75 Å². The van der Waals surface area contributed by atoms with E-state index < -0.39 is 10.0 Å². The number of ether oxygens (including phenoxy) is 1. The molecule has 0 unspecified atom stereocenters. The minimum Gasteiger partial charge on any atom is -0.497 e. The van der Waals surface area contributed by atoms with Gasteiger partial charge in [0.1, 0.15) is 16.5 Å². The first kappa shape index (κ1) is 22.8. The standard InChI is InChI=1S/C24H26BrN3O3S/c1-15-12-21(32(26,29)30)24(28-22-11-8-18(14-27-22)17-4-3-5-17)23(25)20(15)13-16-6-9-19(31-2)10-7-16/h6-12,14,17H,3-5,13H2,1-2H3,(H,27,28)(H2,26,29,30). The normalized spacial score (nSPS) is 14.1. The van der Waals surface area contributed by atoms with Gasteiger partial charge >= 0.3 is 0 Å². The molecule has 0 bridgehead atoms. The molecule has 1 heterocycles. The molecule has 1 aromatic heterocycles. The highest BCUT2D eigenvalue weighted by Crippen LogP contribution is 2.39. The Kier molecular flexibility index (Phi) is 6.55. The zero-order valence-electron chi connectivity index (χ0n) is 18.1. The molecule has 1 fully saturated rings. The lowest BCUT2D eigenvalue weighted by Gasteiger charge is -2.25. The summed E-state index contributed by atoms with van der Waals surface area (Å²) in [6, 6.07) is 13.3. The van der Waals surface area contributed by atoms with Crippen LogP contribution in [0.3, 0.4) is 0 Å². The molecule has 4 rings (SSSR count). The Morgan fingerprint density at radius 2 is 1.91 bits per heavy atom. The number of anilines is 2. The van der Waals surface area contributed by atoms with Crippen molar-refractivity contribution in [2.45, 2.75) is 43.4 Å². The lowest BCUT2D eigenvalue weighted by atomic mass is 9.81. The highest BCUT2D eigenvalue weighted by atomic mass is 79.9. The maximum absolute atomic E-state index is 12.4. The Hall–Kier alpha value is -2.42. The van der Waals surface area contributed by atoms with Crippen molar-refractivity contribution in [1.82, 2.24) is 4.98 Å². The topological polar surface area (TPSA) is 94.3 Å². The van der Waals surface area contributed by atoms with E-state index in [2.05, 4.69) is 32.3 Å². The molecular weight excluding hydrogens is 490 g/mol. The number of nitrogens with two attached hydrogens (primary N) is 1. The fourth-order valence-corrected chi connectivity index (χ4v) is 5.56. The van der Waals surface area contributed by atoms with Gasteiger partial charge in [-0.15, -0.1) is 0 Å². The number of pyridine rings is 1. The molecule has 0 saturated heterocycles. The monoisotopic (exact) mass is 515 g/mol. The molecule has 168 valence electrons. The van der Waals surface area contributed by atoms with Crippen LogP contribution in [0.4, 0.5) is 11.5 Å². The number of nitrogens with zero attached hydrogens (tertiary/aromatic N) is 1. The summed E-state index contributed by atoms with van der Waals surface area (Å²) in [6.45, 7) is 1.88. The van der Waals surface area contributed by atoms with Gasteiger partial charge in [-0.05, 0) is 94.6 Å². The third kappa shape index (κ3) is 4.82. The molecule has 1 aliphatic rings. The average Bonchev–Trinajstić information content (AvgIpc) is 2.72. The number of sulfonamides is 1. The van der Waals surface area contributed by atoms with Crippen LogP contribution >= 0.6 is 15.9 Å². The first-order valence-electron chi connectivity index (χ1n) is 10.5. The molecule has 3 aromatic rings. The van der Waals surface area contributed by atoms with Gasteiger partial charge in [-0.1, -0.05) is 24.6 Å². The van der Waals surface area contributed by atoms with Crippen LogP contribution < -0.4 is 15.2 Å². The predicted molar refractivity (Wildman–Crippen MR) is 130 cm³/mol. The molecule has 6 nitrogen and oxygen atoms in total. The first-order chi connectivity index (χ1) is 15.3. The Morgan fingerprint density at radius 1 is 1.19 bits per heavy atom. The number of aromatic nitrogens is 1. The molecule has 0 aliphatic heterocycles. The van der Waals surface area contributed by atoms with Crippen molar-refractivity contribution in [2.75, 3.05) is 12.4 Å². The van der Waals surface area contributed by atoms with Crippen LogP contribution in [0, 0.1) is 6.92 Å². The van der Waals surface area contributed by atoms with Gasteiger partial charge in [0.05, 0.1) is 12.8 Å². The van der Waals surface area contributed by atoms with Crippen molar-refractivity contribution < 1.29 is 13.2 Å². The molecule has 3 N–H and O–H groups in total. The molecule has 2 aromatic carbocycles. The minimum atomic E-state index is -3.95. The van der Waals surface area contributed by atoms with Crippen LogP contribution in [0.25, 0.3) is 0 Å². The highest BCUT2D eigenvalue weighted by Gasteiger charge is 2.23. The quantitative estimate of drug-likeness (QED) is 0.438. The van der Waals surface area contributed by atoms with Crippen LogP contribution in [0.15, 0.2) is 58.0 Å². The number of halogens is 1. The summed E-state index contributed by atoms with van der Waals surface area (Å²) in [5.74, 6) is 1.93. The van der Waals surface area contributed by atoms with Crippen molar-refractivity contribution in [2.24, 2.45) is 5.14 Å². The van der Waals surface area contributed by atoms with E-state index in [9.17, 15) is 8.42 Å². The van der Waals surface area contributed by atoms with E-state index in [4.69, 9.17) is 9.88 Å². The number of primary sulfonamides is 1. The zero-order valence-corrected chi connectivity index (χ0v) is 20.5. The van der Waals surface area contributed by atoms with E-state index in [0.717, 1.165) is 22.4 Å². The fourth-order valence-electron chi connectivity index (χ4n) is 3.88. The largest absolute Gasteiger partial charge is 0.497 e. The number of methoxy groups -OCH3 is 1.